The average Bonchev–Trinajstić information content (AvgIpc) is 3.02. The zero-order valence-corrected chi connectivity index (χ0v) is 11.7. The Morgan fingerprint density at radius 1 is 1.30 bits per heavy atom. The Morgan fingerprint density at radius 3 is 2.75 bits per heavy atom. The van der Waals surface area contributed by atoms with Crippen LogP contribution in [0.25, 0.3) is 5.82 Å². The van der Waals surface area contributed by atoms with Gasteiger partial charge < -0.3 is 4.57 Å². The van der Waals surface area contributed by atoms with E-state index in [1.807, 2.05) is 60.5 Å². The summed E-state index contributed by atoms with van der Waals surface area (Å²) in [7, 11) is 3.84. The standard InChI is InChI=1S/C14H18N5O/c1-16-7-8-19(13(20)11-16)10-12-9-17(2)15-14(12)18-5-3-4-6-18/h3-6,8-9H,7,10-11H2,1-2H3/q+1. The normalized spacial score (nSPS) is 16.5. The van der Waals surface area contributed by atoms with E-state index in [2.05, 4.69) is 5.10 Å². The lowest BCUT2D eigenvalue weighted by atomic mass is 10.3. The quantitative estimate of drug-likeness (QED) is 0.753. The second-order valence-corrected chi connectivity index (χ2v) is 5.14. The summed E-state index contributed by atoms with van der Waals surface area (Å²) in [6, 6.07) is 3.93. The Labute approximate surface area is 117 Å². The highest BCUT2D eigenvalue weighted by molar-refractivity contribution is 5.77. The van der Waals surface area contributed by atoms with Crippen molar-refractivity contribution >= 4 is 12.1 Å². The van der Waals surface area contributed by atoms with Crippen LogP contribution in [0.4, 0.5) is 0 Å². The van der Waals surface area contributed by atoms with Crippen molar-refractivity contribution in [3.05, 3.63) is 36.3 Å². The molecule has 0 N–H and O–H groups in total. The van der Waals surface area contributed by atoms with Crippen molar-refractivity contribution in [1.29, 1.82) is 0 Å². The molecule has 0 aliphatic carbocycles. The van der Waals surface area contributed by atoms with Crippen LogP contribution >= 0.6 is 0 Å². The third-order valence-corrected chi connectivity index (χ3v) is 3.41. The van der Waals surface area contributed by atoms with Gasteiger partial charge in [-0.15, -0.1) is 0 Å². The molecule has 3 rings (SSSR count). The summed E-state index contributed by atoms with van der Waals surface area (Å²) >= 11 is 0. The van der Waals surface area contributed by atoms with Crippen molar-refractivity contribution in [2.75, 3.05) is 20.1 Å². The molecule has 1 aliphatic rings. The fourth-order valence-electron chi connectivity index (χ4n) is 2.39. The van der Waals surface area contributed by atoms with Crippen molar-refractivity contribution in [3.8, 4) is 5.82 Å². The molecule has 0 radical (unpaired) electrons. The highest BCUT2D eigenvalue weighted by atomic mass is 16.2. The van der Waals surface area contributed by atoms with Gasteiger partial charge in [0, 0.05) is 25.6 Å². The van der Waals surface area contributed by atoms with E-state index in [4.69, 9.17) is 0 Å². The monoisotopic (exact) mass is 272 g/mol. The Bertz CT molecular complexity index is 653. The van der Waals surface area contributed by atoms with E-state index >= 15 is 0 Å². The van der Waals surface area contributed by atoms with E-state index in [9.17, 15) is 4.79 Å². The number of aryl methyl sites for hydroxylation is 1. The Balaban J connectivity index is 1.90. The summed E-state index contributed by atoms with van der Waals surface area (Å²) in [6.07, 6.45) is 7.83. The van der Waals surface area contributed by atoms with Gasteiger partial charge in [0.2, 0.25) is 0 Å². The van der Waals surface area contributed by atoms with E-state index in [0.29, 0.717) is 13.1 Å². The third-order valence-electron chi connectivity index (χ3n) is 3.41. The minimum atomic E-state index is 0.126. The number of carbonyl (C=O) groups is 1. The maximum Gasteiger partial charge on any atom is 0.401 e. The number of hydrogen-bond acceptors (Lipinski definition) is 3. The predicted octanol–water partition coefficient (Wildman–Crippen LogP) is 0.266. The summed E-state index contributed by atoms with van der Waals surface area (Å²) in [4.78, 5) is 14.0. The zero-order chi connectivity index (χ0) is 14.1. The largest absolute Gasteiger partial charge is 0.401 e. The van der Waals surface area contributed by atoms with Crippen LogP contribution in [0.15, 0.2) is 30.7 Å². The van der Waals surface area contributed by atoms with Crippen molar-refractivity contribution < 1.29 is 9.37 Å². The first kappa shape index (κ1) is 12.8. The number of carbonyl (C=O) groups excluding carboxylic acids is 1. The van der Waals surface area contributed by atoms with Crippen LogP contribution in [0.3, 0.4) is 0 Å². The van der Waals surface area contributed by atoms with E-state index in [-0.39, 0.29) is 5.91 Å². The predicted molar refractivity (Wildman–Crippen MR) is 75.1 cm³/mol. The topological polar surface area (TPSA) is 46.1 Å². The van der Waals surface area contributed by atoms with Gasteiger partial charge in [-0.3, -0.25) is 9.58 Å². The molecule has 0 aromatic carbocycles. The molecule has 0 spiro atoms. The van der Waals surface area contributed by atoms with Gasteiger partial charge in [-0.1, -0.05) is 0 Å². The smallest absolute Gasteiger partial charge is 0.307 e. The summed E-state index contributed by atoms with van der Waals surface area (Å²) < 4.78 is 5.53. The first-order valence-corrected chi connectivity index (χ1v) is 6.60. The molecule has 0 atom stereocenters. The Hall–Kier alpha value is -2.21. The molecule has 1 aliphatic heterocycles. The highest BCUT2D eigenvalue weighted by Crippen LogP contribution is 2.14. The molecule has 0 bridgehead atoms. The van der Waals surface area contributed by atoms with E-state index in [1.54, 1.807) is 9.26 Å². The van der Waals surface area contributed by atoms with Crippen LogP contribution in [0.1, 0.15) is 5.56 Å². The van der Waals surface area contributed by atoms with Gasteiger partial charge in [0.05, 0.1) is 12.1 Å². The molecule has 0 saturated heterocycles. The minimum absolute atomic E-state index is 0.126. The van der Waals surface area contributed by atoms with Gasteiger partial charge in [-0.25, -0.2) is 4.79 Å². The SMILES string of the molecule is CN1CC=[N+](Cc2cn(C)nc2-n2cccc2)C(=O)C1. The van der Waals surface area contributed by atoms with Crippen LogP contribution in [-0.4, -0.2) is 56.1 Å². The Kier molecular flexibility index (Phi) is 3.23. The maximum atomic E-state index is 12.0. The first-order valence-electron chi connectivity index (χ1n) is 6.60. The van der Waals surface area contributed by atoms with Crippen LogP contribution in [0.2, 0.25) is 0 Å². The molecule has 6 heteroatoms. The molecule has 2 aromatic rings. The molecular weight excluding hydrogens is 254 g/mol. The molecule has 6 nitrogen and oxygen atoms in total. The van der Waals surface area contributed by atoms with Gasteiger partial charge >= 0.3 is 5.91 Å². The number of aromatic nitrogens is 3. The van der Waals surface area contributed by atoms with Crippen LogP contribution in [0.5, 0.6) is 0 Å². The van der Waals surface area contributed by atoms with E-state index < -0.39 is 0 Å². The van der Waals surface area contributed by atoms with Crippen molar-refractivity contribution in [2.45, 2.75) is 6.54 Å². The second-order valence-electron chi connectivity index (χ2n) is 5.14. The van der Waals surface area contributed by atoms with Crippen LogP contribution < -0.4 is 0 Å². The van der Waals surface area contributed by atoms with E-state index in [0.717, 1.165) is 17.9 Å². The number of likely N-dealkylation sites (N-methyl/N-ethyl adjacent to an activating group) is 1. The van der Waals surface area contributed by atoms with Crippen LogP contribution in [0, 0.1) is 0 Å². The van der Waals surface area contributed by atoms with Crippen molar-refractivity contribution in [3.63, 3.8) is 0 Å². The zero-order valence-electron chi connectivity index (χ0n) is 11.7. The number of rotatable bonds is 3. The maximum absolute atomic E-state index is 12.0. The highest BCUT2D eigenvalue weighted by Gasteiger charge is 2.26. The van der Waals surface area contributed by atoms with Crippen molar-refractivity contribution in [1.82, 2.24) is 19.2 Å². The molecule has 20 heavy (non-hydrogen) atoms. The second kappa shape index (κ2) is 5.05. The Morgan fingerprint density at radius 2 is 2.05 bits per heavy atom. The summed E-state index contributed by atoms with van der Waals surface area (Å²) in [5, 5.41) is 4.48. The van der Waals surface area contributed by atoms with Crippen LogP contribution in [-0.2, 0) is 18.4 Å². The number of nitrogens with zero attached hydrogens (tertiary/aromatic N) is 5. The molecule has 0 fully saturated rings. The molecule has 0 unspecified atom stereocenters. The number of hydrogen-bond donors (Lipinski definition) is 0. The lowest BCUT2D eigenvalue weighted by Gasteiger charge is -2.15. The summed E-state index contributed by atoms with van der Waals surface area (Å²) in [5.41, 5.74) is 1.04. The van der Waals surface area contributed by atoms with Gasteiger partial charge in [-0.2, -0.15) is 9.67 Å². The lowest BCUT2D eigenvalue weighted by Crippen LogP contribution is -2.41. The average molecular weight is 272 g/mol. The molecule has 0 saturated carbocycles. The molecule has 3 heterocycles. The fraction of sp³-hybridized carbons (Fsp3) is 0.357. The van der Waals surface area contributed by atoms with Gasteiger partial charge in [0.25, 0.3) is 0 Å². The lowest BCUT2D eigenvalue weighted by molar-refractivity contribution is -0.465. The van der Waals surface area contributed by atoms with E-state index in [1.165, 1.54) is 0 Å². The molecule has 1 amide bonds. The first-order chi connectivity index (χ1) is 9.63. The van der Waals surface area contributed by atoms with Crippen molar-refractivity contribution in [2.24, 2.45) is 7.05 Å². The number of amides is 1. The fourth-order valence-corrected chi connectivity index (χ4v) is 2.39. The molecular formula is C14H18N5O+. The van der Waals surface area contributed by atoms with Gasteiger partial charge in [0.15, 0.2) is 18.6 Å². The molecule has 104 valence electrons. The van der Waals surface area contributed by atoms with Gasteiger partial charge in [0.1, 0.15) is 6.54 Å². The third kappa shape index (κ3) is 2.42. The molecule has 2 aromatic heterocycles. The summed E-state index contributed by atoms with van der Waals surface area (Å²) in [5.74, 6) is 0.999. The van der Waals surface area contributed by atoms with Gasteiger partial charge in [-0.05, 0) is 19.2 Å². The minimum Gasteiger partial charge on any atom is -0.307 e. The summed E-state index contributed by atoms with van der Waals surface area (Å²) in [6.45, 7) is 1.83.